The van der Waals surface area contributed by atoms with E-state index >= 15 is 0 Å². The third-order valence-electron chi connectivity index (χ3n) is 3.32. The molecule has 1 amide bonds. The molecule has 5 nitrogen and oxygen atoms in total. The van der Waals surface area contributed by atoms with E-state index in [1.807, 2.05) is 0 Å². The van der Waals surface area contributed by atoms with Gasteiger partial charge in [-0.2, -0.15) is 0 Å². The molecule has 1 heterocycles. The predicted octanol–water partition coefficient (Wildman–Crippen LogP) is 0.595. The summed E-state index contributed by atoms with van der Waals surface area (Å²) >= 11 is 0. The Morgan fingerprint density at radius 1 is 1.47 bits per heavy atom. The first-order chi connectivity index (χ1) is 8.03. The third-order valence-corrected chi connectivity index (χ3v) is 3.32. The van der Waals surface area contributed by atoms with Crippen LogP contribution in [0.4, 0.5) is 5.69 Å². The fraction of sp³-hybridized carbons (Fsp3) is 0.500. The second-order valence-corrected chi connectivity index (χ2v) is 4.66. The van der Waals surface area contributed by atoms with Crippen LogP contribution in [0.25, 0.3) is 0 Å². The van der Waals surface area contributed by atoms with Gasteiger partial charge in [0, 0.05) is 13.2 Å². The lowest BCUT2D eigenvalue weighted by Gasteiger charge is -2.22. The molecule has 0 saturated heterocycles. The number of aromatic nitrogens is 1. The maximum atomic E-state index is 12.0. The highest BCUT2D eigenvalue weighted by Gasteiger charge is 2.37. The monoisotopic (exact) mass is 235 g/mol. The van der Waals surface area contributed by atoms with Crippen molar-refractivity contribution < 1.29 is 4.79 Å². The quantitative estimate of drug-likeness (QED) is 0.787. The molecule has 17 heavy (non-hydrogen) atoms. The molecule has 3 N–H and O–H groups in total. The molecule has 0 bridgehead atoms. The lowest BCUT2D eigenvalue weighted by Crippen LogP contribution is -2.49. The maximum absolute atomic E-state index is 12.0. The minimum absolute atomic E-state index is 0.220. The Hall–Kier alpha value is -1.62. The number of carbonyl (C=O) groups excluding carboxylic acids is 1. The number of nitrogens with one attached hydrogen (secondary N) is 1. The van der Waals surface area contributed by atoms with Crippen LogP contribution in [-0.4, -0.2) is 16.0 Å². The van der Waals surface area contributed by atoms with Gasteiger partial charge in [-0.05, 0) is 25.0 Å². The molecule has 0 aliphatic heterocycles. The molecule has 0 unspecified atom stereocenters. The zero-order valence-electron chi connectivity index (χ0n) is 9.90. The largest absolute Gasteiger partial charge is 0.320 e. The van der Waals surface area contributed by atoms with Gasteiger partial charge < -0.3 is 15.6 Å². The zero-order valence-corrected chi connectivity index (χ0v) is 9.90. The lowest BCUT2D eigenvalue weighted by molar-refractivity contribution is -0.121. The van der Waals surface area contributed by atoms with Crippen molar-refractivity contribution in [2.24, 2.45) is 12.8 Å². The summed E-state index contributed by atoms with van der Waals surface area (Å²) in [5.41, 5.74) is 5.28. The number of amides is 1. The number of rotatable bonds is 2. The van der Waals surface area contributed by atoms with Gasteiger partial charge in [0.2, 0.25) is 5.91 Å². The van der Waals surface area contributed by atoms with Crippen LogP contribution in [0.5, 0.6) is 0 Å². The molecular formula is C12H17N3O2. The van der Waals surface area contributed by atoms with Gasteiger partial charge in [0.25, 0.3) is 5.56 Å². The molecule has 5 heteroatoms. The van der Waals surface area contributed by atoms with Gasteiger partial charge in [-0.1, -0.05) is 12.8 Å². The molecule has 0 aromatic carbocycles. The Kier molecular flexibility index (Phi) is 3.02. The zero-order chi connectivity index (χ0) is 12.5. The summed E-state index contributed by atoms with van der Waals surface area (Å²) in [5.74, 6) is -0.252. The number of nitrogens with zero attached hydrogens (tertiary/aromatic N) is 1. The normalized spacial score (nSPS) is 18.0. The van der Waals surface area contributed by atoms with Crippen molar-refractivity contribution in [3.05, 3.63) is 28.7 Å². The third kappa shape index (κ3) is 2.24. The smallest absolute Gasteiger partial charge is 0.274 e. The number of anilines is 1. The molecule has 1 aliphatic rings. The highest BCUT2D eigenvalue weighted by atomic mass is 16.2. The molecule has 1 aromatic heterocycles. The average Bonchev–Trinajstić information content (AvgIpc) is 2.73. The Labute approximate surface area is 99.6 Å². The Balaban J connectivity index is 2.19. The van der Waals surface area contributed by atoms with Crippen molar-refractivity contribution in [2.75, 3.05) is 5.32 Å². The van der Waals surface area contributed by atoms with E-state index in [-0.39, 0.29) is 17.2 Å². The number of nitrogens with two attached hydrogens (primary N) is 1. The first-order valence-corrected chi connectivity index (χ1v) is 5.79. The van der Waals surface area contributed by atoms with Crippen LogP contribution in [0.15, 0.2) is 23.1 Å². The summed E-state index contributed by atoms with van der Waals surface area (Å²) < 4.78 is 1.42. The van der Waals surface area contributed by atoms with Gasteiger partial charge in [0.05, 0.1) is 5.54 Å². The van der Waals surface area contributed by atoms with Gasteiger partial charge in [-0.25, -0.2) is 0 Å². The average molecular weight is 235 g/mol. The van der Waals surface area contributed by atoms with Gasteiger partial charge in [-0.3, -0.25) is 9.59 Å². The van der Waals surface area contributed by atoms with Crippen LogP contribution in [-0.2, 0) is 11.8 Å². The molecule has 1 fully saturated rings. The molecule has 2 rings (SSSR count). The number of pyridine rings is 1. The van der Waals surface area contributed by atoms with Crippen molar-refractivity contribution in [1.82, 2.24) is 4.57 Å². The Morgan fingerprint density at radius 2 is 2.12 bits per heavy atom. The molecule has 1 aromatic rings. The second kappa shape index (κ2) is 4.33. The van der Waals surface area contributed by atoms with E-state index in [0.717, 1.165) is 12.8 Å². The van der Waals surface area contributed by atoms with Crippen LogP contribution in [0, 0.1) is 0 Å². The second-order valence-electron chi connectivity index (χ2n) is 4.66. The maximum Gasteiger partial charge on any atom is 0.274 e. The van der Waals surface area contributed by atoms with E-state index < -0.39 is 5.54 Å². The highest BCUT2D eigenvalue weighted by molar-refractivity contribution is 5.98. The summed E-state index contributed by atoms with van der Waals surface area (Å²) in [7, 11) is 1.64. The molecule has 0 radical (unpaired) electrons. The van der Waals surface area contributed by atoms with Crippen LogP contribution < -0.4 is 16.6 Å². The van der Waals surface area contributed by atoms with Crippen LogP contribution in [0.3, 0.4) is 0 Å². The molecule has 1 saturated carbocycles. The van der Waals surface area contributed by atoms with Crippen LogP contribution in [0.2, 0.25) is 0 Å². The standard InChI is InChI=1S/C12H17N3O2/c1-15-8-4-5-9(10(15)16)14-11(17)12(13)6-2-3-7-12/h4-5,8H,2-3,6-7,13H2,1H3,(H,14,17). The minimum atomic E-state index is -0.805. The summed E-state index contributed by atoms with van der Waals surface area (Å²) in [6.07, 6.45) is 4.96. The SMILES string of the molecule is Cn1cccc(NC(=O)C2(N)CCCC2)c1=O. The Morgan fingerprint density at radius 3 is 2.76 bits per heavy atom. The van der Waals surface area contributed by atoms with E-state index in [1.165, 1.54) is 4.57 Å². The van der Waals surface area contributed by atoms with E-state index in [9.17, 15) is 9.59 Å². The van der Waals surface area contributed by atoms with Crippen molar-refractivity contribution in [3.63, 3.8) is 0 Å². The molecule has 0 atom stereocenters. The van der Waals surface area contributed by atoms with E-state index in [4.69, 9.17) is 5.73 Å². The van der Waals surface area contributed by atoms with Gasteiger partial charge in [0.15, 0.2) is 0 Å². The van der Waals surface area contributed by atoms with Crippen molar-refractivity contribution in [2.45, 2.75) is 31.2 Å². The molecule has 92 valence electrons. The fourth-order valence-electron chi connectivity index (χ4n) is 2.17. The summed E-state index contributed by atoms with van der Waals surface area (Å²) in [4.78, 5) is 23.7. The predicted molar refractivity (Wildman–Crippen MR) is 65.7 cm³/mol. The summed E-state index contributed by atoms with van der Waals surface area (Å²) in [5, 5.41) is 2.64. The topological polar surface area (TPSA) is 77.1 Å². The minimum Gasteiger partial charge on any atom is -0.320 e. The van der Waals surface area contributed by atoms with Crippen molar-refractivity contribution in [1.29, 1.82) is 0 Å². The van der Waals surface area contributed by atoms with Gasteiger partial charge in [0.1, 0.15) is 5.69 Å². The number of hydrogen-bond acceptors (Lipinski definition) is 3. The van der Waals surface area contributed by atoms with E-state index in [1.54, 1.807) is 25.4 Å². The summed E-state index contributed by atoms with van der Waals surface area (Å²) in [6.45, 7) is 0. The van der Waals surface area contributed by atoms with Gasteiger partial charge >= 0.3 is 0 Å². The van der Waals surface area contributed by atoms with E-state index in [2.05, 4.69) is 5.32 Å². The fourth-order valence-corrected chi connectivity index (χ4v) is 2.17. The highest BCUT2D eigenvalue weighted by Crippen LogP contribution is 2.27. The molecule has 1 aliphatic carbocycles. The first kappa shape index (κ1) is 11.9. The number of carbonyl (C=O) groups is 1. The summed E-state index contributed by atoms with van der Waals surface area (Å²) in [6, 6.07) is 3.31. The first-order valence-electron chi connectivity index (χ1n) is 5.79. The number of aryl methyl sites for hydroxylation is 1. The Bertz CT molecular complexity index is 487. The van der Waals surface area contributed by atoms with Crippen LogP contribution >= 0.6 is 0 Å². The molecule has 0 spiro atoms. The van der Waals surface area contributed by atoms with Crippen molar-refractivity contribution in [3.8, 4) is 0 Å². The lowest BCUT2D eigenvalue weighted by atomic mass is 9.98. The van der Waals surface area contributed by atoms with Crippen molar-refractivity contribution >= 4 is 11.6 Å². The molecular weight excluding hydrogens is 218 g/mol. The van der Waals surface area contributed by atoms with Crippen LogP contribution in [0.1, 0.15) is 25.7 Å². The number of hydrogen-bond donors (Lipinski definition) is 2. The van der Waals surface area contributed by atoms with E-state index in [0.29, 0.717) is 12.8 Å². The van der Waals surface area contributed by atoms with Gasteiger partial charge in [-0.15, -0.1) is 0 Å².